The van der Waals surface area contributed by atoms with Gasteiger partial charge in [0.15, 0.2) is 25.2 Å². The maximum Gasteiger partial charge on any atom is 0.364 e. The lowest BCUT2D eigenvalue weighted by Crippen LogP contribution is -2.72. The summed E-state index contributed by atoms with van der Waals surface area (Å²) in [4.78, 5) is 52.8. The monoisotopic (exact) mass is 1460 g/mol. The van der Waals surface area contributed by atoms with Crippen LogP contribution < -0.4 is 16.0 Å². The molecule has 28 atom stereocenters. The zero-order valence-electron chi connectivity index (χ0n) is 58.6. The van der Waals surface area contributed by atoms with Crippen LogP contribution in [0.5, 0.6) is 0 Å². The van der Waals surface area contributed by atoms with Crippen LogP contribution in [0.3, 0.4) is 0 Å². The first-order valence-electron chi connectivity index (χ1n) is 36.1. The summed E-state index contributed by atoms with van der Waals surface area (Å²) in [5.41, 5.74) is 0. The first kappa shape index (κ1) is 88.2. The summed E-state index contributed by atoms with van der Waals surface area (Å²) in [6.45, 7) is 0.243. The van der Waals surface area contributed by atoms with Crippen LogP contribution in [0.4, 0.5) is 0 Å². The van der Waals surface area contributed by atoms with Crippen LogP contribution in [0.1, 0.15) is 175 Å². The van der Waals surface area contributed by atoms with E-state index in [2.05, 4.69) is 29.8 Å². The smallest absolute Gasteiger partial charge is 0.364 e. The zero-order chi connectivity index (χ0) is 74.5. The normalized spacial score (nSPS) is 35.9. The summed E-state index contributed by atoms with van der Waals surface area (Å²) in [7, 11) is 0. The van der Waals surface area contributed by atoms with Crippen molar-refractivity contribution in [1.29, 1.82) is 0 Å². The number of aliphatic hydroxyl groups excluding tert-OH is 16. The third-order valence-corrected chi connectivity index (χ3v) is 19.1. The molecule has 5 fully saturated rings. The van der Waals surface area contributed by atoms with Crippen molar-refractivity contribution in [3.8, 4) is 0 Å². The summed E-state index contributed by atoms with van der Waals surface area (Å²) in [5.74, 6) is -7.72. The molecule has 0 bridgehead atoms. The van der Waals surface area contributed by atoms with E-state index in [1.807, 2.05) is 0 Å². The Hall–Kier alpha value is -3.42. The second-order valence-electron chi connectivity index (χ2n) is 27.2. The minimum atomic E-state index is -3.38. The van der Waals surface area contributed by atoms with E-state index >= 15 is 0 Å². The average Bonchev–Trinajstić information content (AvgIpc) is 0.752. The number of carbonyl (C=O) groups excluding carboxylic acids is 3. The van der Waals surface area contributed by atoms with Gasteiger partial charge in [0, 0.05) is 26.7 Å². The largest absolute Gasteiger partial charge is 0.477 e. The summed E-state index contributed by atoms with van der Waals surface area (Å²) in [6, 6.07) is -4.80. The molecule has 20 N–H and O–H groups in total. The van der Waals surface area contributed by atoms with Gasteiger partial charge in [-0.1, -0.05) is 142 Å². The molecule has 0 saturated carbocycles. The van der Waals surface area contributed by atoms with E-state index in [0.717, 1.165) is 78.1 Å². The average molecular weight is 1460 g/mol. The number of carboxylic acid groups (broad SMARTS) is 1. The molecule has 28 unspecified atom stereocenters. The number of carboxylic acids is 1. The number of unbranched alkanes of at least 4 members (excludes halogenated alkanes) is 19. The van der Waals surface area contributed by atoms with Gasteiger partial charge in [-0.05, 0) is 19.3 Å². The fraction of sp³-hybridized carbons (Fsp3) is 0.910. The minimum absolute atomic E-state index is 0.132. The van der Waals surface area contributed by atoms with Gasteiger partial charge < -0.3 is 150 Å². The summed E-state index contributed by atoms with van der Waals surface area (Å²) in [6.07, 6.45) is -24.7. The lowest BCUT2D eigenvalue weighted by molar-refractivity contribution is -0.403. The molecule has 0 spiro atoms. The third kappa shape index (κ3) is 25.9. The highest BCUT2D eigenvalue weighted by molar-refractivity contribution is 5.77. The van der Waals surface area contributed by atoms with Crippen molar-refractivity contribution in [2.75, 3.05) is 39.6 Å². The molecule has 5 heterocycles. The number of aliphatic hydroxyl groups is 16. The molecule has 588 valence electrons. The van der Waals surface area contributed by atoms with Gasteiger partial charge in [-0.2, -0.15) is 0 Å². The lowest BCUT2D eigenvalue weighted by Gasteiger charge is -2.52. The van der Waals surface area contributed by atoms with E-state index in [-0.39, 0.29) is 6.42 Å². The van der Waals surface area contributed by atoms with Crippen LogP contribution in [0.2, 0.25) is 0 Å². The predicted octanol–water partition coefficient (Wildman–Crippen LogP) is -3.38. The molecule has 5 saturated heterocycles. The highest BCUT2D eigenvalue weighted by Crippen LogP contribution is 2.41. The number of aliphatic carboxylic acids is 1. The van der Waals surface area contributed by atoms with Crippen molar-refractivity contribution in [3.05, 3.63) is 12.2 Å². The van der Waals surface area contributed by atoms with Gasteiger partial charge in [0.1, 0.15) is 116 Å². The van der Waals surface area contributed by atoms with Gasteiger partial charge in [-0.25, -0.2) is 4.79 Å². The van der Waals surface area contributed by atoms with Gasteiger partial charge >= 0.3 is 5.97 Å². The van der Waals surface area contributed by atoms with E-state index < -0.39 is 241 Å². The van der Waals surface area contributed by atoms with Crippen LogP contribution in [0.15, 0.2) is 12.2 Å². The fourth-order valence-corrected chi connectivity index (χ4v) is 13.3. The Morgan fingerprint density at radius 2 is 0.980 bits per heavy atom. The van der Waals surface area contributed by atoms with Gasteiger partial charge in [-0.15, -0.1) is 0 Å². The third-order valence-electron chi connectivity index (χ3n) is 19.1. The van der Waals surface area contributed by atoms with E-state index in [0.29, 0.717) is 12.8 Å². The molecule has 101 heavy (non-hydrogen) atoms. The van der Waals surface area contributed by atoms with Crippen LogP contribution in [-0.4, -0.2) is 321 Å². The summed E-state index contributed by atoms with van der Waals surface area (Å²) < 4.78 is 59.9. The Bertz CT molecular complexity index is 2390. The van der Waals surface area contributed by atoms with Gasteiger partial charge in [0.25, 0.3) is 5.79 Å². The van der Waals surface area contributed by atoms with Crippen molar-refractivity contribution >= 4 is 23.7 Å². The number of hydrogen-bond donors (Lipinski definition) is 20. The second kappa shape index (κ2) is 45.3. The van der Waals surface area contributed by atoms with Crippen LogP contribution >= 0.6 is 0 Å². The number of rotatable bonds is 46. The van der Waals surface area contributed by atoms with E-state index in [4.69, 9.17) is 47.4 Å². The van der Waals surface area contributed by atoms with Crippen molar-refractivity contribution in [2.45, 2.75) is 347 Å². The maximum atomic E-state index is 13.8. The highest BCUT2D eigenvalue weighted by Gasteiger charge is 2.62. The Morgan fingerprint density at radius 3 is 1.52 bits per heavy atom. The molecule has 0 aromatic heterocycles. The van der Waals surface area contributed by atoms with E-state index in [9.17, 15) is 106 Å². The predicted molar refractivity (Wildman–Crippen MR) is 351 cm³/mol. The Kier molecular flexibility index (Phi) is 39.6. The first-order valence-corrected chi connectivity index (χ1v) is 36.1. The Balaban J connectivity index is 1.44. The quantitative estimate of drug-likeness (QED) is 0.0209. The Morgan fingerprint density at radius 1 is 0.515 bits per heavy atom. The molecule has 5 rings (SSSR count). The van der Waals surface area contributed by atoms with Crippen molar-refractivity contribution < 1.29 is 153 Å². The molecule has 0 aliphatic carbocycles. The Labute approximate surface area is 589 Å². The summed E-state index contributed by atoms with van der Waals surface area (Å²) in [5, 5.41) is 196. The molecule has 0 aromatic rings. The molecular weight excluding hydrogens is 1340 g/mol. The molecule has 5 aliphatic heterocycles. The number of nitrogens with one attached hydrogen (secondary N) is 3. The maximum absolute atomic E-state index is 13.8. The summed E-state index contributed by atoms with van der Waals surface area (Å²) >= 11 is 0. The zero-order valence-corrected chi connectivity index (χ0v) is 58.6. The molecule has 3 amide bonds. The second-order valence-corrected chi connectivity index (χ2v) is 27.2. The first-order chi connectivity index (χ1) is 48.3. The lowest BCUT2D eigenvalue weighted by atomic mass is 9.88. The number of hydrogen-bond acceptors (Lipinski definition) is 30. The number of allylic oxidation sites excluding steroid dienone is 1. The van der Waals surface area contributed by atoms with Crippen molar-refractivity contribution in [3.63, 3.8) is 0 Å². The van der Waals surface area contributed by atoms with Crippen LogP contribution in [-0.2, 0) is 66.5 Å². The van der Waals surface area contributed by atoms with E-state index in [1.54, 1.807) is 6.08 Å². The topological polar surface area (TPSA) is 541 Å². The van der Waals surface area contributed by atoms with Gasteiger partial charge in [0.2, 0.25) is 17.7 Å². The molecule has 0 aromatic carbocycles. The molecular formula is C67H119N3O31. The SMILES string of the molecule is CCCCCCCCCCCCCC=CC(O)C(COC1OC(CO)C(OC2OC(CO)C(OC3OC(CO)C(O)C(OC4OC(CO)C(O)C(O)C4O)C3NC(C)=O)C(OC3(C(=O)O)CC(O)C(NC(C)=O)C(C(O)C(O)CO)O3)C2O)C(O)C1O)NC(=O)CCCCCCCCCCC. The van der Waals surface area contributed by atoms with Crippen molar-refractivity contribution in [2.24, 2.45) is 0 Å². The van der Waals surface area contributed by atoms with E-state index in [1.165, 1.54) is 63.9 Å². The van der Waals surface area contributed by atoms with Crippen molar-refractivity contribution in [1.82, 2.24) is 16.0 Å². The van der Waals surface area contributed by atoms with Gasteiger partial charge in [-0.3, -0.25) is 14.4 Å². The number of carbonyl (C=O) groups is 4. The molecule has 34 heteroatoms. The molecule has 34 nitrogen and oxygen atoms in total. The minimum Gasteiger partial charge on any atom is -0.477 e. The van der Waals surface area contributed by atoms with Crippen LogP contribution in [0.25, 0.3) is 0 Å². The standard InChI is InChI=1S/C67H119N3O31/c1-5-7-9-11-13-15-16-17-18-20-21-23-25-27-39(78)38(70-46(81)28-26-24-22-19-14-12-10-8-6-2)35-92-63-55(88)53(86)57(44(33-74)95-63)97-65-56(89)61(101-67(66(90)91)29-40(79)47(68-36(3)76)60(100-67)49(82)41(80)30-71)58(45(34-75)96-65)98-62-48(69-37(4)77)59(51(84)43(32-73)93-62)99-64-54(87)52(85)50(83)42(31-72)94-64/h25,27,38-45,47-65,71-75,78-80,82-89H,5-24,26,28-35H2,1-4H3,(H,68,76)(H,69,77)(H,70,81)(H,90,91). The van der Waals surface area contributed by atoms with Crippen LogP contribution in [0, 0.1) is 0 Å². The number of amides is 3. The van der Waals surface area contributed by atoms with Gasteiger partial charge in [0.05, 0.1) is 63.9 Å². The fourth-order valence-electron chi connectivity index (χ4n) is 13.3. The molecule has 0 radical (unpaired) electrons. The number of ether oxygens (including phenoxy) is 10. The molecule has 5 aliphatic rings. The highest BCUT2D eigenvalue weighted by atomic mass is 16.8.